The second-order valence-electron chi connectivity index (χ2n) is 4.32. The summed E-state index contributed by atoms with van der Waals surface area (Å²) in [5.74, 6) is 0.668. The molecule has 98 valence electrons. The predicted molar refractivity (Wildman–Crippen MR) is 69.0 cm³/mol. The van der Waals surface area contributed by atoms with Crippen molar-refractivity contribution in [2.24, 2.45) is 5.92 Å². The van der Waals surface area contributed by atoms with Crippen molar-refractivity contribution in [3.8, 4) is 0 Å². The summed E-state index contributed by atoms with van der Waals surface area (Å²) in [6.45, 7) is 8.46. The number of hydrogen-bond acceptors (Lipinski definition) is 3. The molecule has 0 saturated carbocycles. The Hall–Kier alpha value is -0.130. The highest BCUT2D eigenvalue weighted by Crippen LogP contribution is 2.07. The molecule has 0 aromatic carbocycles. The molecule has 0 fully saturated rings. The Morgan fingerprint density at radius 3 is 2.44 bits per heavy atom. The van der Waals surface area contributed by atoms with Crippen molar-refractivity contribution in [1.82, 2.24) is 9.62 Å². The lowest BCUT2D eigenvalue weighted by Gasteiger charge is -2.20. The summed E-state index contributed by atoms with van der Waals surface area (Å²) in [6, 6.07) is 0. The van der Waals surface area contributed by atoms with Crippen LogP contribution in [0.5, 0.6) is 0 Å². The summed E-state index contributed by atoms with van der Waals surface area (Å²) in [5.41, 5.74) is 0. The van der Waals surface area contributed by atoms with Crippen molar-refractivity contribution in [3.63, 3.8) is 0 Å². The van der Waals surface area contributed by atoms with Crippen molar-refractivity contribution >= 4 is 10.0 Å². The zero-order valence-corrected chi connectivity index (χ0v) is 11.8. The van der Waals surface area contributed by atoms with Crippen LogP contribution in [-0.4, -0.2) is 45.2 Å². The van der Waals surface area contributed by atoms with E-state index in [4.69, 9.17) is 0 Å². The van der Waals surface area contributed by atoms with E-state index in [1.54, 1.807) is 7.05 Å². The van der Waals surface area contributed by atoms with E-state index < -0.39 is 10.0 Å². The highest BCUT2D eigenvalue weighted by atomic mass is 32.2. The molecule has 0 aliphatic carbocycles. The first kappa shape index (κ1) is 15.9. The predicted octanol–water partition coefficient (Wildman–Crippen LogP) is 1.29. The first-order valence-electron chi connectivity index (χ1n) is 6.08. The molecular formula is C11H26N2O2S. The van der Waals surface area contributed by atoms with E-state index in [1.165, 1.54) is 4.31 Å². The Bertz CT molecular complexity index is 265. The SMILES string of the molecule is CCNCCCS(=O)(=O)N(C)CC(C)CC. The van der Waals surface area contributed by atoms with Gasteiger partial charge in [-0.2, -0.15) is 0 Å². The number of rotatable bonds is 9. The van der Waals surface area contributed by atoms with E-state index in [0.717, 1.165) is 19.5 Å². The molecule has 0 aromatic heterocycles. The van der Waals surface area contributed by atoms with E-state index in [0.29, 0.717) is 18.9 Å². The molecule has 0 rings (SSSR count). The van der Waals surface area contributed by atoms with Crippen LogP contribution in [0.15, 0.2) is 0 Å². The second kappa shape index (κ2) is 8.03. The summed E-state index contributed by atoms with van der Waals surface area (Å²) in [6.07, 6.45) is 1.69. The molecule has 0 aliphatic heterocycles. The van der Waals surface area contributed by atoms with Crippen LogP contribution in [0.25, 0.3) is 0 Å². The molecule has 16 heavy (non-hydrogen) atoms. The molecule has 0 bridgehead atoms. The van der Waals surface area contributed by atoms with Crippen LogP contribution in [0.2, 0.25) is 0 Å². The van der Waals surface area contributed by atoms with Gasteiger partial charge in [0, 0.05) is 13.6 Å². The van der Waals surface area contributed by atoms with Crippen molar-refractivity contribution in [1.29, 1.82) is 0 Å². The van der Waals surface area contributed by atoms with Gasteiger partial charge in [0.05, 0.1) is 5.75 Å². The number of sulfonamides is 1. The molecule has 0 radical (unpaired) electrons. The molecule has 4 nitrogen and oxygen atoms in total. The summed E-state index contributed by atoms with van der Waals surface area (Å²) in [5, 5.41) is 3.13. The van der Waals surface area contributed by atoms with Crippen LogP contribution in [-0.2, 0) is 10.0 Å². The fourth-order valence-electron chi connectivity index (χ4n) is 1.39. The zero-order chi connectivity index (χ0) is 12.6. The van der Waals surface area contributed by atoms with Crippen LogP contribution < -0.4 is 5.32 Å². The zero-order valence-electron chi connectivity index (χ0n) is 11.0. The quantitative estimate of drug-likeness (QED) is 0.627. The van der Waals surface area contributed by atoms with Crippen molar-refractivity contribution in [2.45, 2.75) is 33.6 Å². The topological polar surface area (TPSA) is 49.4 Å². The van der Waals surface area contributed by atoms with Crippen molar-refractivity contribution in [3.05, 3.63) is 0 Å². The largest absolute Gasteiger partial charge is 0.317 e. The van der Waals surface area contributed by atoms with Gasteiger partial charge in [-0.05, 0) is 25.4 Å². The molecule has 1 N–H and O–H groups in total. The molecule has 5 heteroatoms. The lowest BCUT2D eigenvalue weighted by atomic mass is 10.1. The van der Waals surface area contributed by atoms with Gasteiger partial charge in [-0.3, -0.25) is 0 Å². The lowest BCUT2D eigenvalue weighted by molar-refractivity contribution is 0.393. The van der Waals surface area contributed by atoms with E-state index in [9.17, 15) is 8.42 Å². The summed E-state index contributed by atoms with van der Waals surface area (Å²) < 4.78 is 25.2. The molecule has 0 spiro atoms. The first-order chi connectivity index (χ1) is 7.44. The third kappa shape index (κ3) is 6.45. The Labute approximate surface area is 100 Å². The minimum absolute atomic E-state index is 0.243. The normalized spacial score (nSPS) is 14.3. The van der Waals surface area contributed by atoms with Crippen molar-refractivity contribution in [2.75, 3.05) is 32.4 Å². The van der Waals surface area contributed by atoms with E-state index >= 15 is 0 Å². The standard InChI is InChI=1S/C11H26N2O2S/c1-5-11(3)10-13(4)16(14,15)9-7-8-12-6-2/h11-12H,5-10H2,1-4H3. The monoisotopic (exact) mass is 250 g/mol. The summed E-state index contributed by atoms with van der Waals surface area (Å²) in [7, 11) is -1.38. The van der Waals surface area contributed by atoms with Crippen LogP contribution >= 0.6 is 0 Å². The third-order valence-electron chi connectivity index (χ3n) is 2.75. The summed E-state index contributed by atoms with van der Waals surface area (Å²) in [4.78, 5) is 0. The van der Waals surface area contributed by atoms with E-state index in [-0.39, 0.29) is 5.75 Å². The Morgan fingerprint density at radius 2 is 1.94 bits per heavy atom. The van der Waals surface area contributed by atoms with Crippen molar-refractivity contribution < 1.29 is 8.42 Å². The average molecular weight is 250 g/mol. The van der Waals surface area contributed by atoms with Crippen LogP contribution in [0.4, 0.5) is 0 Å². The average Bonchev–Trinajstić information content (AvgIpc) is 2.24. The maximum absolute atomic E-state index is 11.8. The van der Waals surface area contributed by atoms with Gasteiger partial charge in [0.15, 0.2) is 0 Å². The van der Waals surface area contributed by atoms with Gasteiger partial charge in [-0.25, -0.2) is 12.7 Å². The number of nitrogens with zero attached hydrogens (tertiary/aromatic N) is 1. The first-order valence-corrected chi connectivity index (χ1v) is 7.69. The molecule has 0 aliphatic rings. The fraction of sp³-hybridized carbons (Fsp3) is 1.00. The maximum atomic E-state index is 11.8. The lowest BCUT2D eigenvalue weighted by Crippen LogP contribution is -2.33. The second-order valence-corrected chi connectivity index (χ2v) is 6.51. The third-order valence-corrected chi connectivity index (χ3v) is 4.65. The molecule has 0 heterocycles. The molecule has 0 aromatic rings. The smallest absolute Gasteiger partial charge is 0.213 e. The van der Waals surface area contributed by atoms with Gasteiger partial charge in [0.1, 0.15) is 0 Å². The highest BCUT2D eigenvalue weighted by molar-refractivity contribution is 7.89. The minimum Gasteiger partial charge on any atom is -0.317 e. The maximum Gasteiger partial charge on any atom is 0.213 e. The number of hydrogen-bond donors (Lipinski definition) is 1. The van der Waals surface area contributed by atoms with Crippen LogP contribution in [0.3, 0.4) is 0 Å². The van der Waals surface area contributed by atoms with Gasteiger partial charge in [-0.1, -0.05) is 27.2 Å². The Kier molecular flexibility index (Phi) is 7.97. The molecule has 0 saturated heterocycles. The van der Waals surface area contributed by atoms with E-state index in [2.05, 4.69) is 19.2 Å². The van der Waals surface area contributed by atoms with Gasteiger partial charge in [-0.15, -0.1) is 0 Å². The fourth-order valence-corrected chi connectivity index (χ4v) is 2.70. The van der Waals surface area contributed by atoms with Gasteiger partial charge >= 0.3 is 0 Å². The van der Waals surface area contributed by atoms with Gasteiger partial charge in [0.25, 0.3) is 0 Å². The van der Waals surface area contributed by atoms with E-state index in [1.807, 2.05) is 6.92 Å². The minimum atomic E-state index is -3.05. The summed E-state index contributed by atoms with van der Waals surface area (Å²) >= 11 is 0. The highest BCUT2D eigenvalue weighted by Gasteiger charge is 2.18. The van der Waals surface area contributed by atoms with Gasteiger partial charge < -0.3 is 5.32 Å². The molecule has 1 atom stereocenters. The molecule has 1 unspecified atom stereocenters. The van der Waals surface area contributed by atoms with Gasteiger partial charge in [0.2, 0.25) is 10.0 Å². The van der Waals surface area contributed by atoms with Crippen LogP contribution in [0, 0.1) is 5.92 Å². The Balaban J connectivity index is 4.01. The van der Waals surface area contributed by atoms with Crippen LogP contribution in [0.1, 0.15) is 33.6 Å². The Morgan fingerprint density at radius 1 is 1.31 bits per heavy atom. The number of nitrogens with one attached hydrogen (secondary N) is 1. The molecular weight excluding hydrogens is 224 g/mol. The molecule has 0 amide bonds.